The van der Waals surface area contributed by atoms with Crippen LogP contribution in [0.2, 0.25) is 35.2 Å². The van der Waals surface area contributed by atoms with Crippen LogP contribution in [0.1, 0.15) is 16.3 Å². The lowest BCUT2D eigenvalue weighted by molar-refractivity contribution is 0.0992. The van der Waals surface area contributed by atoms with Gasteiger partial charge in [-0.15, -0.1) is 0 Å². The van der Waals surface area contributed by atoms with E-state index in [9.17, 15) is 4.79 Å². The second kappa shape index (κ2) is 9.44. The average molecular weight is 534 g/mol. The maximum absolute atomic E-state index is 12.3. The van der Waals surface area contributed by atoms with Gasteiger partial charge in [-0.3, -0.25) is 4.79 Å². The largest absolute Gasteiger partial charge is 0.482 e. The van der Waals surface area contributed by atoms with Crippen molar-refractivity contribution in [2.24, 2.45) is 0 Å². The zero-order valence-electron chi connectivity index (χ0n) is 14.0. The number of amides is 1. The van der Waals surface area contributed by atoms with Gasteiger partial charge < -0.3 is 14.5 Å². The minimum Gasteiger partial charge on any atom is -0.482 e. The van der Waals surface area contributed by atoms with Gasteiger partial charge in [0.1, 0.15) is 22.4 Å². The molecule has 2 aromatic carbocycles. The number of carbonyl (C=O) groups excluding carboxylic acids is 1. The van der Waals surface area contributed by atoms with E-state index in [0.29, 0.717) is 21.5 Å². The molecular formula is C18H8Cl7NO3. The van der Waals surface area contributed by atoms with E-state index >= 15 is 0 Å². The summed E-state index contributed by atoms with van der Waals surface area (Å²) in [6, 6.07) is 7.74. The molecule has 3 rings (SSSR count). The summed E-state index contributed by atoms with van der Waals surface area (Å²) in [6.45, 7) is -0.0895. The zero-order chi connectivity index (χ0) is 21.3. The number of rotatable bonds is 5. The molecule has 0 atom stereocenters. The van der Waals surface area contributed by atoms with Crippen LogP contribution in [0.5, 0.6) is 5.75 Å². The van der Waals surface area contributed by atoms with Crippen LogP contribution in [0.25, 0.3) is 0 Å². The third kappa shape index (κ3) is 5.02. The highest BCUT2D eigenvalue weighted by atomic mass is 35.5. The Kier molecular flexibility index (Phi) is 7.39. The first-order valence-corrected chi connectivity index (χ1v) is 10.3. The number of nitrogens with one attached hydrogen (secondary N) is 1. The SMILES string of the molecule is O=C(Nc1ccc(Cl)c(Cl)c1)c1ccc(COc2c(Cl)c(Cl)c(Cl)c(Cl)c2Cl)o1. The zero-order valence-corrected chi connectivity index (χ0v) is 19.3. The van der Waals surface area contributed by atoms with E-state index in [0.717, 1.165) is 0 Å². The van der Waals surface area contributed by atoms with Gasteiger partial charge in [-0.1, -0.05) is 81.2 Å². The normalized spacial score (nSPS) is 10.9. The molecule has 1 aromatic heterocycles. The van der Waals surface area contributed by atoms with Crippen LogP contribution in [-0.2, 0) is 6.61 Å². The third-order valence-electron chi connectivity index (χ3n) is 3.59. The van der Waals surface area contributed by atoms with Crippen LogP contribution >= 0.6 is 81.2 Å². The molecule has 0 aliphatic heterocycles. The molecule has 0 aliphatic rings. The summed E-state index contributed by atoms with van der Waals surface area (Å²) in [5.74, 6) is -0.0492. The van der Waals surface area contributed by atoms with Crippen LogP contribution in [-0.4, -0.2) is 5.91 Å². The summed E-state index contributed by atoms with van der Waals surface area (Å²) in [4.78, 5) is 12.3. The Hall–Kier alpha value is -0.980. The van der Waals surface area contributed by atoms with E-state index in [2.05, 4.69) is 5.32 Å². The molecule has 3 aromatic rings. The number of benzene rings is 2. The standard InChI is InChI=1S/C18H8Cl7NO3/c19-9-3-1-7(5-10(9)20)26-18(27)11-4-2-8(29-11)6-28-17-15(24)13(22)12(21)14(23)16(17)25/h1-5H,6H2,(H,26,27). The number of halogens is 7. The molecule has 4 nitrogen and oxygen atoms in total. The van der Waals surface area contributed by atoms with Gasteiger partial charge >= 0.3 is 0 Å². The molecule has 0 bridgehead atoms. The van der Waals surface area contributed by atoms with Gasteiger partial charge in [0.25, 0.3) is 5.91 Å². The fourth-order valence-electron chi connectivity index (χ4n) is 2.20. The Labute approximate surface area is 200 Å². The molecule has 11 heteroatoms. The molecule has 0 saturated heterocycles. The first-order chi connectivity index (χ1) is 13.7. The highest BCUT2D eigenvalue weighted by molar-refractivity contribution is 6.55. The van der Waals surface area contributed by atoms with Gasteiger partial charge in [-0.05, 0) is 30.3 Å². The highest BCUT2D eigenvalue weighted by Crippen LogP contribution is 2.48. The van der Waals surface area contributed by atoms with E-state index in [1.165, 1.54) is 12.1 Å². The van der Waals surface area contributed by atoms with Crippen LogP contribution < -0.4 is 10.1 Å². The van der Waals surface area contributed by atoms with Crippen LogP contribution in [0.15, 0.2) is 34.7 Å². The predicted octanol–water partition coefficient (Wildman–Crippen LogP) is 8.68. The molecule has 0 spiro atoms. The second-order valence-electron chi connectivity index (χ2n) is 5.54. The van der Waals surface area contributed by atoms with Gasteiger partial charge in [-0.2, -0.15) is 0 Å². The van der Waals surface area contributed by atoms with Crippen molar-refractivity contribution in [3.05, 3.63) is 77.0 Å². The molecule has 29 heavy (non-hydrogen) atoms. The monoisotopic (exact) mass is 531 g/mol. The predicted molar refractivity (Wildman–Crippen MR) is 119 cm³/mol. The van der Waals surface area contributed by atoms with Gasteiger partial charge in [-0.25, -0.2) is 0 Å². The molecular weight excluding hydrogens is 526 g/mol. The van der Waals surface area contributed by atoms with Crippen molar-refractivity contribution < 1.29 is 13.9 Å². The number of carbonyl (C=O) groups is 1. The quantitative estimate of drug-likeness (QED) is 0.263. The fraction of sp³-hybridized carbons (Fsp3) is 0.0556. The topological polar surface area (TPSA) is 51.5 Å². The van der Waals surface area contributed by atoms with Gasteiger partial charge in [0, 0.05) is 5.69 Å². The minimum atomic E-state index is -0.483. The molecule has 0 radical (unpaired) electrons. The van der Waals surface area contributed by atoms with Crippen molar-refractivity contribution in [2.45, 2.75) is 6.61 Å². The molecule has 152 valence electrons. The Bertz CT molecular complexity index is 1070. The Balaban J connectivity index is 1.71. The molecule has 1 amide bonds. The summed E-state index contributed by atoms with van der Waals surface area (Å²) in [5.41, 5.74) is 0.461. The maximum Gasteiger partial charge on any atom is 0.291 e. The Morgan fingerprint density at radius 2 is 1.45 bits per heavy atom. The van der Waals surface area contributed by atoms with Crippen LogP contribution in [0, 0.1) is 0 Å². The molecule has 0 fully saturated rings. The smallest absolute Gasteiger partial charge is 0.291 e. The highest BCUT2D eigenvalue weighted by Gasteiger charge is 2.21. The Morgan fingerprint density at radius 1 is 0.828 bits per heavy atom. The summed E-state index contributed by atoms with van der Waals surface area (Å²) in [6.07, 6.45) is 0. The number of anilines is 1. The Morgan fingerprint density at radius 3 is 2.07 bits per heavy atom. The van der Waals surface area contributed by atoms with Gasteiger partial charge in [0.05, 0.1) is 25.1 Å². The third-order valence-corrected chi connectivity index (χ3v) is 6.57. The van der Waals surface area contributed by atoms with E-state index in [4.69, 9.17) is 90.4 Å². The number of ether oxygens (including phenoxy) is 1. The molecule has 1 N–H and O–H groups in total. The van der Waals surface area contributed by atoms with E-state index in [1.54, 1.807) is 18.2 Å². The van der Waals surface area contributed by atoms with Crippen molar-refractivity contribution in [3.8, 4) is 5.75 Å². The van der Waals surface area contributed by atoms with Gasteiger partial charge in [0.2, 0.25) is 0 Å². The number of hydrogen-bond acceptors (Lipinski definition) is 3. The van der Waals surface area contributed by atoms with E-state index in [-0.39, 0.29) is 43.2 Å². The minimum absolute atomic E-state index is 0.00945. The first-order valence-electron chi connectivity index (χ1n) is 7.68. The van der Waals surface area contributed by atoms with Gasteiger partial charge in [0.15, 0.2) is 11.5 Å². The van der Waals surface area contributed by atoms with Crippen LogP contribution in [0.4, 0.5) is 5.69 Å². The molecule has 0 saturated carbocycles. The van der Waals surface area contributed by atoms with Crippen molar-refractivity contribution >= 4 is 92.8 Å². The lowest BCUT2D eigenvalue weighted by Crippen LogP contribution is -2.10. The molecule has 1 heterocycles. The van der Waals surface area contributed by atoms with Crippen molar-refractivity contribution in [1.82, 2.24) is 0 Å². The lowest BCUT2D eigenvalue weighted by atomic mass is 10.3. The average Bonchev–Trinajstić information content (AvgIpc) is 3.17. The number of furan rings is 1. The fourth-order valence-corrected chi connectivity index (χ4v) is 3.73. The van der Waals surface area contributed by atoms with E-state index < -0.39 is 5.91 Å². The molecule has 0 unspecified atom stereocenters. The van der Waals surface area contributed by atoms with Crippen LogP contribution in [0.3, 0.4) is 0 Å². The maximum atomic E-state index is 12.3. The summed E-state index contributed by atoms with van der Waals surface area (Å²) >= 11 is 42.0. The summed E-state index contributed by atoms with van der Waals surface area (Å²) in [5, 5.41) is 3.40. The van der Waals surface area contributed by atoms with Crippen molar-refractivity contribution in [1.29, 1.82) is 0 Å². The first kappa shape index (κ1) is 22.7. The lowest BCUT2D eigenvalue weighted by Gasteiger charge is -2.12. The molecule has 0 aliphatic carbocycles. The van der Waals surface area contributed by atoms with Crippen molar-refractivity contribution in [2.75, 3.05) is 5.32 Å². The number of hydrogen-bond donors (Lipinski definition) is 1. The van der Waals surface area contributed by atoms with Crippen molar-refractivity contribution in [3.63, 3.8) is 0 Å². The summed E-state index contributed by atoms with van der Waals surface area (Å²) in [7, 11) is 0. The summed E-state index contributed by atoms with van der Waals surface area (Å²) < 4.78 is 11.0. The van der Waals surface area contributed by atoms with E-state index in [1.807, 2.05) is 0 Å². The second-order valence-corrected chi connectivity index (χ2v) is 8.24.